The molecule has 0 heterocycles. The van der Waals surface area contributed by atoms with Crippen LogP contribution in [0.2, 0.25) is 5.02 Å². The highest BCUT2D eigenvalue weighted by molar-refractivity contribution is 6.30. The molecule has 0 aromatic heterocycles. The van der Waals surface area contributed by atoms with Gasteiger partial charge in [0.1, 0.15) is 5.75 Å². The lowest BCUT2D eigenvalue weighted by atomic mass is 10.1. The largest absolute Gasteiger partial charge is 0.417 e. The number of carbonyl (C=O) groups is 1. The molecule has 0 atom stereocenters. The van der Waals surface area contributed by atoms with Crippen LogP contribution in [0.1, 0.15) is 0 Å². The summed E-state index contributed by atoms with van der Waals surface area (Å²) in [6.45, 7) is 0. The van der Waals surface area contributed by atoms with Gasteiger partial charge >= 0.3 is 6.09 Å². The standard InChI is InChI=1S/C19H14ClNO2/c20-16-8-10-17(11-9-16)21-19(22)23-18-12-6-15(7-13-18)14-4-2-1-3-5-14/h1-13H,(H,21,22). The van der Waals surface area contributed by atoms with E-state index in [4.69, 9.17) is 16.3 Å². The van der Waals surface area contributed by atoms with E-state index in [2.05, 4.69) is 5.32 Å². The van der Waals surface area contributed by atoms with Crippen LogP contribution in [-0.2, 0) is 0 Å². The molecule has 0 aliphatic heterocycles. The highest BCUT2D eigenvalue weighted by Crippen LogP contribution is 2.22. The first-order chi connectivity index (χ1) is 11.2. The quantitative estimate of drug-likeness (QED) is 0.679. The molecule has 3 aromatic carbocycles. The average molecular weight is 324 g/mol. The van der Waals surface area contributed by atoms with Crippen LogP contribution >= 0.6 is 11.6 Å². The highest BCUT2D eigenvalue weighted by atomic mass is 35.5. The number of rotatable bonds is 3. The molecule has 0 unspecified atom stereocenters. The van der Waals surface area contributed by atoms with Crippen molar-refractivity contribution >= 4 is 23.4 Å². The van der Waals surface area contributed by atoms with Gasteiger partial charge in [-0.05, 0) is 47.5 Å². The summed E-state index contributed by atoms with van der Waals surface area (Å²) in [5.74, 6) is 0.483. The summed E-state index contributed by atoms with van der Waals surface area (Å²) in [5, 5.41) is 3.26. The maximum Gasteiger partial charge on any atom is 0.417 e. The Labute approximate surface area is 139 Å². The number of halogens is 1. The van der Waals surface area contributed by atoms with Crippen molar-refractivity contribution in [2.45, 2.75) is 0 Å². The van der Waals surface area contributed by atoms with Crippen molar-refractivity contribution in [3.05, 3.63) is 83.9 Å². The van der Waals surface area contributed by atoms with Crippen molar-refractivity contribution in [2.75, 3.05) is 5.32 Å². The van der Waals surface area contributed by atoms with Crippen molar-refractivity contribution in [3.63, 3.8) is 0 Å². The van der Waals surface area contributed by atoms with E-state index in [9.17, 15) is 4.79 Å². The number of ether oxygens (including phenoxy) is 1. The molecule has 0 aliphatic rings. The Morgan fingerprint density at radius 1 is 0.783 bits per heavy atom. The molecular formula is C19H14ClNO2. The van der Waals surface area contributed by atoms with Crippen molar-refractivity contribution < 1.29 is 9.53 Å². The molecule has 1 amide bonds. The van der Waals surface area contributed by atoms with Gasteiger partial charge in [-0.2, -0.15) is 0 Å². The highest BCUT2D eigenvalue weighted by Gasteiger charge is 2.05. The first-order valence-electron chi connectivity index (χ1n) is 7.10. The first-order valence-corrected chi connectivity index (χ1v) is 7.48. The number of amides is 1. The molecule has 0 fully saturated rings. The molecule has 3 aromatic rings. The summed E-state index contributed by atoms with van der Waals surface area (Å²) < 4.78 is 5.26. The lowest BCUT2D eigenvalue weighted by molar-refractivity contribution is 0.215. The number of carbonyl (C=O) groups excluding carboxylic acids is 1. The van der Waals surface area contributed by atoms with Crippen molar-refractivity contribution in [3.8, 4) is 16.9 Å². The predicted molar refractivity (Wildman–Crippen MR) is 93.0 cm³/mol. The van der Waals surface area contributed by atoms with Crippen molar-refractivity contribution in [1.29, 1.82) is 0 Å². The summed E-state index contributed by atoms with van der Waals surface area (Å²) >= 11 is 5.80. The van der Waals surface area contributed by atoms with Gasteiger partial charge in [0, 0.05) is 10.7 Å². The Kier molecular flexibility index (Phi) is 4.60. The molecule has 4 heteroatoms. The van der Waals surface area contributed by atoms with Crippen LogP contribution in [0.5, 0.6) is 5.75 Å². The fraction of sp³-hybridized carbons (Fsp3) is 0. The summed E-state index contributed by atoms with van der Waals surface area (Å²) in [4.78, 5) is 11.9. The lowest BCUT2D eigenvalue weighted by Gasteiger charge is -2.07. The second-order valence-corrected chi connectivity index (χ2v) is 5.35. The van der Waals surface area contributed by atoms with Crippen LogP contribution < -0.4 is 10.1 Å². The second-order valence-electron chi connectivity index (χ2n) is 4.91. The van der Waals surface area contributed by atoms with Gasteiger partial charge in [0.15, 0.2) is 0 Å². The van der Waals surface area contributed by atoms with Crippen molar-refractivity contribution in [2.24, 2.45) is 0 Å². The van der Waals surface area contributed by atoms with Gasteiger partial charge in [-0.1, -0.05) is 54.1 Å². The van der Waals surface area contributed by atoms with Gasteiger partial charge in [0.05, 0.1) is 0 Å². The molecule has 0 spiro atoms. The van der Waals surface area contributed by atoms with E-state index in [-0.39, 0.29) is 0 Å². The number of hydrogen-bond acceptors (Lipinski definition) is 2. The zero-order chi connectivity index (χ0) is 16.1. The zero-order valence-corrected chi connectivity index (χ0v) is 13.0. The number of benzene rings is 3. The Bertz CT molecular complexity index is 784. The normalized spacial score (nSPS) is 10.1. The van der Waals surface area contributed by atoms with Crippen LogP contribution in [0.15, 0.2) is 78.9 Å². The molecule has 23 heavy (non-hydrogen) atoms. The minimum absolute atomic E-state index is 0.483. The maximum absolute atomic E-state index is 11.9. The molecule has 1 N–H and O–H groups in total. The maximum atomic E-state index is 11.9. The smallest absolute Gasteiger partial charge is 0.410 e. The van der Waals surface area contributed by atoms with E-state index < -0.39 is 6.09 Å². The van der Waals surface area contributed by atoms with E-state index in [1.54, 1.807) is 36.4 Å². The van der Waals surface area contributed by atoms with E-state index in [0.717, 1.165) is 11.1 Å². The van der Waals surface area contributed by atoms with Gasteiger partial charge < -0.3 is 4.74 Å². The third kappa shape index (κ3) is 4.11. The Hall–Kier alpha value is -2.78. The van der Waals surface area contributed by atoms with E-state index >= 15 is 0 Å². The van der Waals surface area contributed by atoms with E-state index in [1.165, 1.54) is 0 Å². The van der Waals surface area contributed by atoms with Crippen LogP contribution in [-0.4, -0.2) is 6.09 Å². The van der Waals surface area contributed by atoms with Crippen LogP contribution in [0.3, 0.4) is 0 Å². The summed E-state index contributed by atoms with van der Waals surface area (Å²) in [6.07, 6.45) is -0.542. The fourth-order valence-electron chi connectivity index (χ4n) is 2.13. The Morgan fingerprint density at radius 2 is 1.39 bits per heavy atom. The van der Waals surface area contributed by atoms with Gasteiger partial charge in [-0.25, -0.2) is 4.79 Å². The van der Waals surface area contributed by atoms with Crippen molar-refractivity contribution in [1.82, 2.24) is 0 Å². The van der Waals surface area contributed by atoms with Gasteiger partial charge in [0.25, 0.3) is 0 Å². The first kappa shape index (κ1) is 15.1. The monoisotopic (exact) mass is 323 g/mol. The molecular weight excluding hydrogens is 310 g/mol. The van der Waals surface area contributed by atoms with Crippen LogP contribution in [0.4, 0.5) is 10.5 Å². The fourth-order valence-corrected chi connectivity index (χ4v) is 2.26. The number of anilines is 1. The predicted octanol–water partition coefficient (Wildman–Crippen LogP) is 5.62. The molecule has 0 aliphatic carbocycles. The molecule has 114 valence electrons. The van der Waals surface area contributed by atoms with Gasteiger partial charge in [0.2, 0.25) is 0 Å². The molecule has 0 saturated heterocycles. The third-order valence-electron chi connectivity index (χ3n) is 3.26. The zero-order valence-electron chi connectivity index (χ0n) is 12.2. The molecule has 0 saturated carbocycles. The molecule has 3 nitrogen and oxygen atoms in total. The minimum Gasteiger partial charge on any atom is -0.410 e. The van der Waals surface area contributed by atoms with Crippen LogP contribution in [0.25, 0.3) is 11.1 Å². The van der Waals surface area contributed by atoms with Gasteiger partial charge in [-0.15, -0.1) is 0 Å². The minimum atomic E-state index is -0.542. The van der Waals surface area contributed by atoms with E-state index in [1.807, 2.05) is 42.5 Å². The summed E-state index contributed by atoms with van der Waals surface area (Å²) in [6, 6.07) is 24.2. The summed E-state index contributed by atoms with van der Waals surface area (Å²) in [7, 11) is 0. The van der Waals surface area contributed by atoms with Crippen LogP contribution in [0, 0.1) is 0 Å². The number of hydrogen-bond donors (Lipinski definition) is 1. The average Bonchev–Trinajstić information content (AvgIpc) is 2.58. The molecule has 0 radical (unpaired) electrons. The second kappa shape index (κ2) is 6.99. The SMILES string of the molecule is O=C(Nc1ccc(Cl)cc1)Oc1ccc(-c2ccccc2)cc1. The van der Waals surface area contributed by atoms with Gasteiger partial charge in [-0.3, -0.25) is 5.32 Å². The lowest BCUT2D eigenvalue weighted by Crippen LogP contribution is -2.16. The molecule has 0 bridgehead atoms. The topological polar surface area (TPSA) is 38.3 Å². The Morgan fingerprint density at radius 3 is 2.04 bits per heavy atom. The summed E-state index contributed by atoms with van der Waals surface area (Å²) in [5.41, 5.74) is 2.81. The van der Waals surface area contributed by atoms with E-state index in [0.29, 0.717) is 16.5 Å². The molecule has 3 rings (SSSR count). The Balaban J connectivity index is 1.64. The number of nitrogens with one attached hydrogen (secondary N) is 1. The third-order valence-corrected chi connectivity index (χ3v) is 3.51.